The number of methoxy groups -OCH3 is 2. The van der Waals surface area contributed by atoms with Gasteiger partial charge < -0.3 is 14.8 Å². The molecule has 0 saturated heterocycles. The molecular formula is C15H15ClFNO2. The van der Waals surface area contributed by atoms with Gasteiger partial charge in [0.1, 0.15) is 17.3 Å². The van der Waals surface area contributed by atoms with Crippen LogP contribution in [0.5, 0.6) is 11.5 Å². The van der Waals surface area contributed by atoms with Crippen molar-refractivity contribution in [3.05, 3.63) is 52.8 Å². The Balaban J connectivity index is 2.08. The third-order valence-electron chi connectivity index (χ3n) is 2.89. The lowest BCUT2D eigenvalue weighted by atomic mass is 10.2. The first-order valence-corrected chi connectivity index (χ1v) is 6.41. The quantitative estimate of drug-likeness (QED) is 0.900. The van der Waals surface area contributed by atoms with Crippen molar-refractivity contribution < 1.29 is 13.9 Å². The molecule has 0 saturated carbocycles. The van der Waals surface area contributed by atoms with E-state index >= 15 is 0 Å². The highest BCUT2D eigenvalue weighted by atomic mass is 35.5. The van der Waals surface area contributed by atoms with Crippen molar-refractivity contribution in [3.63, 3.8) is 0 Å². The molecule has 0 aromatic heterocycles. The zero-order valence-electron chi connectivity index (χ0n) is 11.2. The molecule has 3 nitrogen and oxygen atoms in total. The Morgan fingerprint density at radius 3 is 2.55 bits per heavy atom. The van der Waals surface area contributed by atoms with Gasteiger partial charge in [-0.1, -0.05) is 17.7 Å². The lowest BCUT2D eigenvalue weighted by Crippen LogP contribution is -2.02. The Kier molecular flexibility index (Phi) is 4.69. The van der Waals surface area contributed by atoms with Gasteiger partial charge in [0.2, 0.25) is 0 Å². The summed E-state index contributed by atoms with van der Waals surface area (Å²) in [5.74, 6) is 0.768. The maximum Gasteiger partial charge on any atom is 0.139 e. The molecule has 1 N–H and O–H groups in total. The first-order chi connectivity index (χ1) is 9.63. The van der Waals surface area contributed by atoms with Crippen molar-refractivity contribution in [1.29, 1.82) is 0 Å². The Morgan fingerprint density at radius 2 is 1.90 bits per heavy atom. The number of hydrogen-bond acceptors (Lipinski definition) is 3. The molecule has 0 atom stereocenters. The monoisotopic (exact) mass is 295 g/mol. The van der Waals surface area contributed by atoms with Gasteiger partial charge >= 0.3 is 0 Å². The van der Waals surface area contributed by atoms with Gasteiger partial charge in [0.15, 0.2) is 0 Å². The average molecular weight is 296 g/mol. The van der Waals surface area contributed by atoms with E-state index in [-0.39, 0.29) is 5.82 Å². The van der Waals surface area contributed by atoms with E-state index in [1.807, 2.05) is 6.07 Å². The number of benzene rings is 2. The second kappa shape index (κ2) is 6.48. The molecule has 5 heteroatoms. The van der Waals surface area contributed by atoms with Gasteiger partial charge in [-0.2, -0.15) is 0 Å². The molecule has 0 amide bonds. The molecule has 2 aromatic rings. The second-order valence-corrected chi connectivity index (χ2v) is 4.57. The number of hydrogen-bond donors (Lipinski definition) is 1. The number of ether oxygens (including phenoxy) is 2. The third-order valence-corrected chi connectivity index (χ3v) is 3.21. The van der Waals surface area contributed by atoms with Crippen molar-refractivity contribution in [2.75, 3.05) is 19.5 Å². The van der Waals surface area contributed by atoms with Crippen LogP contribution in [0.3, 0.4) is 0 Å². The molecule has 20 heavy (non-hydrogen) atoms. The zero-order valence-corrected chi connectivity index (χ0v) is 12.0. The smallest absolute Gasteiger partial charge is 0.139 e. The minimum absolute atomic E-state index is 0.308. The Bertz CT molecular complexity index is 604. The van der Waals surface area contributed by atoms with Gasteiger partial charge in [0, 0.05) is 29.9 Å². The van der Waals surface area contributed by atoms with E-state index in [1.165, 1.54) is 13.2 Å². The Labute approximate surface area is 122 Å². The lowest BCUT2D eigenvalue weighted by molar-refractivity contribution is 0.411. The standard InChI is InChI=1S/C15H15ClFNO2/c1-19-12-5-3-10(14(17)8-12)9-18-11-4-6-13(16)15(7-11)20-2/h3-8,18H,9H2,1-2H3. The molecule has 0 radical (unpaired) electrons. The molecular weight excluding hydrogens is 281 g/mol. The summed E-state index contributed by atoms with van der Waals surface area (Å²) in [5.41, 5.74) is 1.36. The van der Waals surface area contributed by atoms with Crippen LogP contribution in [0.2, 0.25) is 5.02 Å². The molecule has 0 heterocycles. The fraction of sp³-hybridized carbons (Fsp3) is 0.200. The summed E-state index contributed by atoms with van der Waals surface area (Å²) in [7, 11) is 3.06. The Hall–Kier alpha value is -1.94. The van der Waals surface area contributed by atoms with Gasteiger partial charge in [-0.3, -0.25) is 0 Å². The van der Waals surface area contributed by atoms with Crippen LogP contribution >= 0.6 is 11.6 Å². The van der Waals surface area contributed by atoms with Crippen molar-refractivity contribution >= 4 is 17.3 Å². The van der Waals surface area contributed by atoms with Gasteiger partial charge in [0.05, 0.1) is 19.2 Å². The fourth-order valence-electron chi connectivity index (χ4n) is 1.77. The number of anilines is 1. The van der Waals surface area contributed by atoms with E-state index in [0.29, 0.717) is 28.6 Å². The van der Waals surface area contributed by atoms with E-state index in [4.69, 9.17) is 21.1 Å². The maximum absolute atomic E-state index is 13.8. The van der Waals surface area contributed by atoms with Crippen LogP contribution in [-0.2, 0) is 6.54 Å². The predicted octanol–water partition coefficient (Wildman–Crippen LogP) is 4.11. The molecule has 0 bridgehead atoms. The topological polar surface area (TPSA) is 30.5 Å². The summed E-state index contributed by atoms with van der Waals surface area (Å²) < 4.78 is 23.9. The minimum Gasteiger partial charge on any atom is -0.497 e. The van der Waals surface area contributed by atoms with Crippen molar-refractivity contribution in [2.24, 2.45) is 0 Å². The number of rotatable bonds is 5. The van der Waals surface area contributed by atoms with E-state index in [0.717, 1.165) is 5.69 Å². The predicted molar refractivity (Wildman–Crippen MR) is 78.3 cm³/mol. The third kappa shape index (κ3) is 3.33. The second-order valence-electron chi connectivity index (χ2n) is 4.16. The molecule has 2 aromatic carbocycles. The molecule has 0 aliphatic rings. The zero-order chi connectivity index (χ0) is 14.5. The summed E-state index contributed by atoms with van der Waals surface area (Å²) in [5, 5.41) is 3.66. The van der Waals surface area contributed by atoms with Crippen LogP contribution < -0.4 is 14.8 Å². The summed E-state index contributed by atoms with van der Waals surface area (Å²) in [6.45, 7) is 0.362. The maximum atomic E-state index is 13.8. The van der Waals surface area contributed by atoms with Gasteiger partial charge in [-0.05, 0) is 18.2 Å². The Morgan fingerprint density at radius 1 is 1.10 bits per heavy atom. The molecule has 106 valence electrons. The molecule has 0 spiro atoms. The molecule has 0 fully saturated rings. The van der Waals surface area contributed by atoms with Crippen LogP contribution in [0, 0.1) is 5.82 Å². The molecule has 0 aliphatic heterocycles. The summed E-state index contributed by atoms with van der Waals surface area (Å²) in [4.78, 5) is 0. The first-order valence-electron chi connectivity index (χ1n) is 6.04. The summed E-state index contributed by atoms with van der Waals surface area (Å²) in [6.07, 6.45) is 0. The van der Waals surface area contributed by atoms with Crippen molar-refractivity contribution in [2.45, 2.75) is 6.54 Å². The first kappa shape index (κ1) is 14.5. The van der Waals surface area contributed by atoms with E-state index in [2.05, 4.69) is 5.32 Å². The minimum atomic E-state index is -0.308. The van der Waals surface area contributed by atoms with Crippen molar-refractivity contribution in [3.8, 4) is 11.5 Å². The largest absolute Gasteiger partial charge is 0.497 e. The summed E-state index contributed by atoms with van der Waals surface area (Å²) in [6, 6.07) is 10.1. The van der Waals surface area contributed by atoms with Crippen molar-refractivity contribution in [1.82, 2.24) is 0 Å². The van der Waals surface area contributed by atoms with Gasteiger partial charge in [-0.25, -0.2) is 4.39 Å². The normalized spacial score (nSPS) is 10.2. The van der Waals surface area contributed by atoms with Gasteiger partial charge in [0.25, 0.3) is 0 Å². The van der Waals surface area contributed by atoms with E-state index < -0.39 is 0 Å². The van der Waals surface area contributed by atoms with Crippen LogP contribution in [0.15, 0.2) is 36.4 Å². The van der Waals surface area contributed by atoms with Crippen LogP contribution in [0.25, 0.3) is 0 Å². The van der Waals surface area contributed by atoms with Crippen LogP contribution in [0.1, 0.15) is 5.56 Å². The molecule has 0 unspecified atom stereocenters. The van der Waals surface area contributed by atoms with Crippen LogP contribution in [0.4, 0.5) is 10.1 Å². The highest BCUT2D eigenvalue weighted by Gasteiger charge is 2.05. The number of halogens is 2. The van der Waals surface area contributed by atoms with E-state index in [9.17, 15) is 4.39 Å². The van der Waals surface area contributed by atoms with E-state index in [1.54, 1.807) is 31.4 Å². The molecule has 2 rings (SSSR count). The molecule has 0 aliphatic carbocycles. The summed E-state index contributed by atoms with van der Waals surface area (Å²) >= 11 is 5.95. The average Bonchev–Trinajstić information content (AvgIpc) is 2.47. The van der Waals surface area contributed by atoms with Crippen LogP contribution in [-0.4, -0.2) is 14.2 Å². The SMILES string of the molecule is COc1ccc(CNc2ccc(Cl)c(OC)c2)c(F)c1. The highest BCUT2D eigenvalue weighted by molar-refractivity contribution is 6.32. The highest BCUT2D eigenvalue weighted by Crippen LogP contribution is 2.27. The number of nitrogens with one attached hydrogen (secondary N) is 1. The fourth-order valence-corrected chi connectivity index (χ4v) is 1.96. The van der Waals surface area contributed by atoms with Gasteiger partial charge in [-0.15, -0.1) is 0 Å². The lowest BCUT2D eigenvalue weighted by Gasteiger charge is -2.10.